The summed E-state index contributed by atoms with van der Waals surface area (Å²) in [5, 5.41) is 2.81. The predicted molar refractivity (Wildman–Crippen MR) is 122 cm³/mol. The number of furan rings is 1. The van der Waals surface area contributed by atoms with Gasteiger partial charge in [-0.2, -0.15) is 0 Å². The highest BCUT2D eigenvalue weighted by molar-refractivity contribution is 7.93. The molecule has 0 spiro atoms. The fourth-order valence-corrected chi connectivity index (χ4v) is 7.30. The molecule has 32 heavy (non-hydrogen) atoms. The Kier molecular flexibility index (Phi) is 6.18. The Morgan fingerprint density at radius 1 is 0.938 bits per heavy atom. The number of aryl methyl sites for hydroxylation is 1. The molecule has 0 amide bonds. The van der Waals surface area contributed by atoms with E-state index in [1.165, 1.54) is 18.4 Å². The van der Waals surface area contributed by atoms with Crippen LogP contribution in [-0.2, 0) is 32.0 Å². The lowest BCUT2D eigenvalue weighted by Crippen LogP contribution is -2.08. The average molecular weight is 489 g/mol. The fourth-order valence-electron chi connectivity index (χ4n) is 2.98. The van der Waals surface area contributed by atoms with Crippen LogP contribution in [0.15, 0.2) is 91.7 Å². The minimum atomic E-state index is -4.05. The van der Waals surface area contributed by atoms with Crippen LogP contribution in [0.3, 0.4) is 0 Å². The SMILES string of the molecule is Cc1ccc(S(=O)(=O)c2nc(S(=O)(=O)Cc3ccccc3)sc2NCc2ccco2)cc1. The molecule has 1 N–H and O–H groups in total. The van der Waals surface area contributed by atoms with E-state index in [0.29, 0.717) is 11.3 Å². The van der Waals surface area contributed by atoms with E-state index in [1.54, 1.807) is 54.6 Å². The lowest BCUT2D eigenvalue weighted by Gasteiger charge is -2.06. The van der Waals surface area contributed by atoms with Crippen LogP contribution in [0.5, 0.6) is 0 Å². The lowest BCUT2D eigenvalue weighted by molar-refractivity contribution is 0.518. The number of nitrogens with one attached hydrogen (secondary N) is 1. The maximum atomic E-state index is 13.3. The van der Waals surface area contributed by atoms with Crippen LogP contribution >= 0.6 is 11.3 Å². The van der Waals surface area contributed by atoms with Crippen LogP contribution < -0.4 is 5.32 Å². The van der Waals surface area contributed by atoms with Gasteiger partial charge in [-0.1, -0.05) is 59.4 Å². The summed E-state index contributed by atoms with van der Waals surface area (Å²) in [6.45, 7) is 2.04. The van der Waals surface area contributed by atoms with Gasteiger partial charge in [0.15, 0.2) is 5.03 Å². The molecule has 0 radical (unpaired) electrons. The van der Waals surface area contributed by atoms with Gasteiger partial charge in [0.25, 0.3) is 0 Å². The zero-order valence-corrected chi connectivity index (χ0v) is 19.5. The van der Waals surface area contributed by atoms with Gasteiger partial charge in [-0.15, -0.1) is 0 Å². The van der Waals surface area contributed by atoms with Crippen molar-refractivity contribution in [1.29, 1.82) is 0 Å². The largest absolute Gasteiger partial charge is 0.467 e. The van der Waals surface area contributed by atoms with E-state index >= 15 is 0 Å². The zero-order valence-electron chi connectivity index (χ0n) is 17.1. The van der Waals surface area contributed by atoms with E-state index in [9.17, 15) is 16.8 Å². The van der Waals surface area contributed by atoms with Crippen LogP contribution in [0, 0.1) is 6.92 Å². The van der Waals surface area contributed by atoms with Gasteiger partial charge in [-0.3, -0.25) is 0 Å². The minimum absolute atomic E-state index is 0.0430. The molecular formula is C22H20N2O5S3. The number of thiazole rings is 1. The number of anilines is 1. The van der Waals surface area contributed by atoms with Gasteiger partial charge in [-0.25, -0.2) is 21.8 Å². The summed E-state index contributed by atoms with van der Waals surface area (Å²) < 4.78 is 57.7. The second-order valence-electron chi connectivity index (χ2n) is 7.11. The first-order valence-electron chi connectivity index (χ1n) is 9.61. The smallest absolute Gasteiger partial charge is 0.226 e. The molecule has 0 aliphatic rings. The molecule has 166 valence electrons. The third-order valence-electron chi connectivity index (χ3n) is 4.63. The second-order valence-corrected chi connectivity index (χ2v) is 12.1. The highest BCUT2D eigenvalue weighted by Crippen LogP contribution is 2.36. The highest BCUT2D eigenvalue weighted by Gasteiger charge is 2.30. The quantitative estimate of drug-likeness (QED) is 0.390. The molecule has 0 aliphatic carbocycles. The van der Waals surface area contributed by atoms with E-state index in [2.05, 4.69) is 10.3 Å². The molecule has 2 aromatic carbocycles. The van der Waals surface area contributed by atoms with Crippen molar-refractivity contribution in [3.63, 3.8) is 0 Å². The molecule has 0 saturated carbocycles. The normalized spacial score (nSPS) is 12.0. The summed E-state index contributed by atoms with van der Waals surface area (Å²) in [7, 11) is -7.90. The summed E-state index contributed by atoms with van der Waals surface area (Å²) in [6, 6.07) is 18.5. The van der Waals surface area contributed by atoms with Crippen molar-refractivity contribution in [3.05, 3.63) is 89.9 Å². The molecule has 0 saturated heterocycles. The van der Waals surface area contributed by atoms with Crippen molar-refractivity contribution in [3.8, 4) is 0 Å². The molecule has 7 nitrogen and oxygen atoms in total. The molecule has 4 rings (SSSR count). The van der Waals surface area contributed by atoms with Gasteiger partial charge < -0.3 is 9.73 Å². The van der Waals surface area contributed by atoms with Crippen LogP contribution in [-0.4, -0.2) is 21.8 Å². The molecular weight excluding hydrogens is 468 g/mol. The second kappa shape index (κ2) is 8.89. The number of hydrogen-bond donors (Lipinski definition) is 1. The minimum Gasteiger partial charge on any atom is -0.467 e. The third-order valence-corrected chi connectivity index (χ3v) is 9.61. The van der Waals surface area contributed by atoms with Gasteiger partial charge in [0.2, 0.25) is 24.0 Å². The summed E-state index contributed by atoms with van der Waals surface area (Å²) in [6.07, 6.45) is 1.50. The number of aromatic nitrogens is 1. The van der Waals surface area contributed by atoms with Gasteiger partial charge >= 0.3 is 0 Å². The Labute approximate surface area is 190 Å². The number of sulfone groups is 2. The Morgan fingerprint density at radius 2 is 1.66 bits per heavy atom. The van der Waals surface area contributed by atoms with Crippen LogP contribution in [0.1, 0.15) is 16.9 Å². The Balaban J connectivity index is 1.75. The monoisotopic (exact) mass is 488 g/mol. The highest BCUT2D eigenvalue weighted by atomic mass is 32.2. The van der Waals surface area contributed by atoms with E-state index in [0.717, 1.165) is 16.9 Å². The van der Waals surface area contributed by atoms with Gasteiger partial charge in [-0.05, 0) is 36.8 Å². The van der Waals surface area contributed by atoms with Crippen LogP contribution in [0.4, 0.5) is 5.00 Å². The van der Waals surface area contributed by atoms with Crippen molar-refractivity contribution in [2.45, 2.75) is 33.5 Å². The molecule has 0 atom stereocenters. The topological polar surface area (TPSA) is 106 Å². The molecule has 0 aliphatic heterocycles. The number of rotatable bonds is 8. The standard InChI is InChI=1S/C22H20N2O5S3/c1-16-9-11-19(12-10-16)32(27,28)21-20(23-14-18-8-5-13-29-18)30-22(24-21)31(25,26)15-17-6-3-2-4-7-17/h2-13,23H,14-15H2,1H3. The van der Waals surface area contributed by atoms with Crippen LogP contribution in [0.25, 0.3) is 0 Å². The summed E-state index contributed by atoms with van der Waals surface area (Å²) >= 11 is 0.801. The molecule has 0 fully saturated rings. The molecule has 0 bridgehead atoms. The van der Waals surface area contributed by atoms with Crippen molar-refractivity contribution in [2.75, 3.05) is 5.32 Å². The summed E-state index contributed by atoms with van der Waals surface area (Å²) in [5.74, 6) is 0.300. The number of hydrogen-bond acceptors (Lipinski definition) is 8. The van der Waals surface area contributed by atoms with Gasteiger partial charge in [0.05, 0.1) is 23.5 Å². The van der Waals surface area contributed by atoms with Crippen molar-refractivity contribution in [2.24, 2.45) is 0 Å². The molecule has 2 aromatic heterocycles. The van der Waals surface area contributed by atoms with Crippen molar-refractivity contribution >= 4 is 36.0 Å². The van der Waals surface area contributed by atoms with E-state index in [1.807, 2.05) is 6.92 Å². The lowest BCUT2D eigenvalue weighted by atomic mass is 10.2. The molecule has 4 aromatic rings. The molecule has 2 heterocycles. The average Bonchev–Trinajstić information content (AvgIpc) is 3.43. The molecule has 0 unspecified atom stereocenters. The Bertz CT molecular complexity index is 1410. The first-order valence-corrected chi connectivity index (χ1v) is 13.6. The molecule has 10 heteroatoms. The van der Waals surface area contributed by atoms with E-state index < -0.39 is 19.7 Å². The number of nitrogens with zero attached hydrogens (tertiary/aromatic N) is 1. The Morgan fingerprint density at radius 3 is 2.31 bits per heavy atom. The first kappa shape index (κ1) is 22.3. The fraction of sp³-hybridized carbons (Fsp3) is 0.136. The third kappa shape index (κ3) is 4.77. The first-order chi connectivity index (χ1) is 15.3. The van der Waals surface area contributed by atoms with E-state index in [4.69, 9.17) is 4.42 Å². The zero-order chi connectivity index (χ0) is 22.8. The maximum absolute atomic E-state index is 13.3. The van der Waals surface area contributed by atoms with Gasteiger partial charge in [0, 0.05) is 0 Å². The van der Waals surface area contributed by atoms with Crippen molar-refractivity contribution < 1.29 is 21.3 Å². The van der Waals surface area contributed by atoms with Gasteiger partial charge in [0.1, 0.15) is 10.8 Å². The summed E-state index contributed by atoms with van der Waals surface area (Å²) in [4.78, 5) is 4.14. The predicted octanol–water partition coefficient (Wildman–Crippen LogP) is 4.46. The number of benzene rings is 2. The maximum Gasteiger partial charge on any atom is 0.226 e. The Hall–Kier alpha value is -2.95. The van der Waals surface area contributed by atoms with E-state index in [-0.39, 0.29) is 31.6 Å². The summed E-state index contributed by atoms with van der Waals surface area (Å²) in [5.41, 5.74) is 1.50. The van der Waals surface area contributed by atoms with Crippen LogP contribution in [0.2, 0.25) is 0 Å². The van der Waals surface area contributed by atoms with Crippen molar-refractivity contribution in [1.82, 2.24) is 4.98 Å².